The van der Waals surface area contributed by atoms with Crippen molar-refractivity contribution in [1.82, 2.24) is 9.97 Å². The van der Waals surface area contributed by atoms with E-state index in [1.807, 2.05) is 42.5 Å². The van der Waals surface area contributed by atoms with Gasteiger partial charge in [-0.2, -0.15) is 10.2 Å². The number of rotatable bonds is 7. The molecule has 0 N–H and O–H groups in total. The molecular formula is C24H20N4OS. The lowest BCUT2D eigenvalue weighted by Gasteiger charge is -2.23. The van der Waals surface area contributed by atoms with Crippen LogP contribution in [-0.2, 0) is 13.0 Å². The fourth-order valence-corrected chi connectivity index (χ4v) is 4.26. The standard InChI is InChI=1S/C24H20N4OS/c25-16-19-12-10-18(11-13-19)8-5-15-28(17-20-6-2-1-3-7-20)24-27-22(29)21-9-4-14-26-23(21)30-24/h1-4,6-7,9-14H,5,8,15,17H2. The van der Waals surface area contributed by atoms with Crippen LogP contribution >= 0.6 is 11.3 Å². The molecule has 0 saturated carbocycles. The number of anilines is 1. The molecule has 2 heterocycles. The Morgan fingerprint density at radius 2 is 1.77 bits per heavy atom. The molecule has 0 spiro atoms. The number of aromatic nitrogens is 2. The number of fused-ring (bicyclic) bond motifs is 1. The third-order valence-electron chi connectivity index (χ3n) is 4.85. The monoisotopic (exact) mass is 412 g/mol. The predicted octanol–water partition coefficient (Wildman–Crippen LogP) is 4.56. The molecule has 4 rings (SSSR count). The predicted molar refractivity (Wildman–Crippen MR) is 121 cm³/mol. The fraction of sp³-hybridized carbons (Fsp3) is 0.167. The maximum atomic E-state index is 12.5. The number of hydrogen-bond acceptors (Lipinski definition) is 6. The summed E-state index contributed by atoms with van der Waals surface area (Å²) in [6.45, 7) is 1.44. The Bertz CT molecular complexity index is 1230. The normalized spacial score (nSPS) is 10.6. The van der Waals surface area contributed by atoms with Crippen molar-refractivity contribution in [1.29, 1.82) is 5.26 Å². The zero-order valence-corrected chi connectivity index (χ0v) is 17.2. The molecule has 2 aromatic heterocycles. The van der Waals surface area contributed by atoms with Gasteiger partial charge in [0.05, 0.1) is 17.0 Å². The summed E-state index contributed by atoms with van der Waals surface area (Å²) < 4.78 is 0. The van der Waals surface area contributed by atoms with Crippen molar-refractivity contribution in [2.24, 2.45) is 0 Å². The van der Waals surface area contributed by atoms with Gasteiger partial charge in [0.15, 0.2) is 5.13 Å². The smallest absolute Gasteiger partial charge is 0.282 e. The van der Waals surface area contributed by atoms with Crippen molar-refractivity contribution in [3.8, 4) is 6.07 Å². The first-order valence-electron chi connectivity index (χ1n) is 9.77. The Morgan fingerprint density at radius 1 is 0.967 bits per heavy atom. The van der Waals surface area contributed by atoms with Gasteiger partial charge in [-0.1, -0.05) is 53.8 Å². The van der Waals surface area contributed by atoms with Crippen molar-refractivity contribution in [3.63, 3.8) is 0 Å². The Morgan fingerprint density at radius 3 is 2.53 bits per heavy atom. The molecule has 0 aliphatic heterocycles. The molecule has 6 heteroatoms. The molecule has 0 aliphatic rings. The van der Waals surface area contributed by atoms with Crippen molar-refractivity contribution in [3.05, 3.63) is 100.0 Å². The minimum Gasteiger partial charge on any atom is -0.344 e. The molecule has 5 nitrogen and oxygen atoms in total. The van der Waals surface area contributed by atoms with Crippen LogP contribution in [0.25, 0.3) is 10.2 Å². The summed E-state index contributed by atoms with van der Waals surface area (Å²) in [5.41, 5.74) is 2.78. The van der Waals surface area contributed by atoms with Crippen LogP contribution in [0.1, 0.15) is 23.1 Å². The van der Waals surface area contributed by atoms with Gasteiger partial charge in [0.2, 0.25) is 0 Å². The average molecular weight is 413 g/mol. The van der Waals surface area contributed by atoms with Gasteiger partial charge in [-0.05, 0) is 48.2 Å². The second kappa shape index (κ2) is 9.29. The molecule has 0 bridgehead atoms. The van der Waals surface area contributed by atoms with Crippen LogP contribution in [-0.4, -0.2) is 16.5 Å². The summed E-state index contributed by atoms with van der Waals surface area (Å²) in [5.74, 6) is 0. The number of pyridine rings is 1. The van der Waals surface area contributed by atoms with E-state index in [-0.39, 0.29) is 5.56 Å². The van der Waals surface area contributed by atoms with Crippen molar-refractivity contribution < 1.29 is 0 Å². The van der Waals surface area contributed by atoms with E-state index in [9.17, 15) is 4.79 Å². The molecule has 148 valence electrons. The van der Waals surface area contributed by atoms with E-state index in [0.717, 1.165) is 19.4 Å². The van der Waals surface area contributed by atoms with Crippen LogP contribution in [0.4, 0.5) is 5.13 Å². The van der Waals surface area contributed by atoms with Gasteiger partial charge in [-0.3, -0.25) is 4.79 Å². The summed E-state index contributed by atoms with van der Waals surface area (Å²) in [6, 6.07) is 23.5. The van der Waals surface area contributed by atoms with Gasteiger partial charge in [0.25, 0.3) is 5.56 Å². The van der Waals surface area contributed by atoms with Crippen molar-refractivity contribution >= 4 is 26.7 Å². The minimum atomic E-state index is -0.239. The molecular weight excluding hydrogens is 392 g/mol. The van der Waals surface area contributed by atoms with Crippen molar-refractivity contribution in [2.75, 3.05) is 11.4 Å². The molecule has 0 radical (unpaired) electrons. The highest BCUT2D eigenvalue weighted by atomic mass is 32.1. The SMILES string of the molecule is N#Cc1ccc(CCCN(Cc2ccccc2)c2nc(=O)c3cccnc3s2)cc1. The Kier molecular flexibility index (Phi) is 6.11. The third kappa shape index (κ3) is 4.70. The highest BCUT2D eigenvalue weighted by Crippen LogP contribution is 2.24. The molecule has 0 atom stereocenters. The van der Waals surface area contributed by atoms with Crippen LogP contribution in [0, 0.1) is 11.3 Å². The zero-order valence-electron chi connectivity index (χ0n) is 16.4. The van der Waals surface area contributed by atoms with Gasteiger partial charge in [-0.25, -0.2) is 4.98 Å². The van der Waals surface area contributed by atoms with Crippen LogP contribution < -0.4 is 10.5 Å². The number of benzene rings is 2. The first kappa shape index (κ1) is 19.7. The average Bonchev–Trinajstić information content (AvgIpc) is 2.79. The lowest BCUT2D eigenvalue weighted by molar-refractivity contribution is 0.724. The van der Waals surface area contributed by atoms with E-state index >= 15 is 0 Å². The maximum Gasteiger partial charge on any atom is 0.282 e. The summed E-state index contributed by atoms with van der Waals surface area (Å²) in [4.78, 5) is 24.1. The number of hydrogen-bond donors (Lipinski definition) is 0. The largest absolute Gasteiger partial charge is 0.344 e. The van der Waals surface area contributed by atoms with Crippen LogP contribution in [0.2, 0.25) is 0 Å². The zero-order chi connectivity index (χ0) is 20.8. The maximum absolute atomic E-state index is 12.5. The van der Waals surface area contributed by atoms with Gasteiger partial charge in [0.1, 0.15) is 4.83 Å². The van der Waals surface area contributed by atoms with Gasteiger partial charge in [-0.15, -0.1) is 0 Å². The van der Waals surface area contributed by atoms with Crippen LogP contribution in [0.15, 0.2) is 77.7 Å². The first-order valence-corrected chi connectivity index (χ1v) is 10.6. The Hall–Kier alpha value is -3.56. The van der Waals surface area contributed by atoms with Gasteiger partial charge < -0.3 is 4.90 Å². The molecule has 0 saturated heterocycles. The Balaban J connectivity index is 1.56. The van der Waals surface area contributed by atoms with Gasteiger partial charge >= 0.3 is 0 Å². The molecule has 0 unspecified atom stereocenters. The second-order valence-electron chi connectivity index (χ2n) is 6.98. The Labute approximate surface area is 178 Å². The van der Waals surface area contributed by atoms with Crippen molar-refractivity contribution in [2.45, 2.75) is 19.4 Å². The quantitative estimate of drug-likeness (QED) is 0.445. The summed E-state index contributed by atoms with van der Waals surface area (Å²) in [6.07, 6.45) is 3.49. The van der Waals surface area contributed by atoms with Crippen LogP contribution in [0.5, 0.6) is 0 Å². The van der Waals surface area contributed by atoms with E-state index in [0.29, 0.717) is 27.5 Å². The van der Waals surface area contributed by atoms with E-state index in [4.69, 9.17) is 5.26 Å². The van der Waals surface area contributed by atoms with Gasteiger partial charge in [0, 0.05) is 19.3 Å². The lowest BCUT2D eigenvalue weighted by Crippen LogP contribution is -2.26. The molecule has 2 aromatic carbocycles. The van der Waals surface area contributed by atoms with E-state index < -0.39 is 0 Å². The second-order valence-corrected chi connectivity index (χ2v) is 7.93. The number of nitriles is 1. The topological polar surface area (TPSA) is 69.9 Å². The minimum absolute atomic E-state index is 0.239. The first-order chi connectivity index (χ1) is 14.7. The van der Waals surface area contributed by atoms with E-state index in [2.05, 4.69) is 33.1 Å². The number of nitrogens with zero attached hydrogens (tertiary/aromatic N) is 4. The van der Waals surface area contributed by atoms with Crippen LogP contribution in [0.3, 0.4) is 0 Å². The summed E-state index contributed by atoms with van der Waals surface area (Å²) >= 11 is 1.45. The summed E-state index contributed by atoms with van der Waals surface area (Å²) in [7, 11) is 0. The number of aryl methyl sites for hydroxylation is 1. The van der Waals surface area contributed by atoms with E-state index in [1.165, 1.54) is 22.5 Å². The van der Waals surface area contributed by atoms with E-state index in [1.54, 1.807) is 18.3 Å². The molecule has 0 amide bonds. The highest BCUT2D eigenvalue weighted by molar-refractivity contribution is 7.21. The highest BCUT2D eigenvalue weighted by Gasteiger charge is 2.13. The summed E-state index contributed by atoms with van der Waals surface area (Å²) in [5, 5.41) is 10.2. The molecule has 30 heavy (non-hydrogen) atoms. The molecule has 4 aromatic rings. The molecule has 0 fully saturated rings. The third-order valence-corrected chi connectivity index (χ3v) is 5.90. The fourth-order valence-electron chi connectivity index (χ4n) is 3.29. The molecule has 0 aliphatic carbocycles. The lowest BCUT2D eigenvalue weighted by atomic mass is 10.1.